The minimum Gasteiger partial charge on any atom is -0.870 e. The first-order valence-electron chi connectivity index (χ1n) is 2.87. The van der Waals surface area contributed by atoms with Crippen molar-refractivity contribution in [3.63, 3.8) is 0 Å². The number of hydrogen-bond acceptors (Lipinski definition) is 4. The van der Waals surface area contributed by atoms with E-state index in [1.807, 2.05) is 0 Å². The zero-order chi connectivity index (χ0) is 7.28. The van der Waals surface area contributed by atoms with Crippen molar-refractivity contribution in [2.75, 3.05) is 6.54 Å². The molecule has 0 aromatic carbocycles. The summed E-state index contributed by atoms with van der Waals surface area (Å²) in [6.45, 7) is 0.501. The molecular formula is C5H13N2NaO3. The molecule has 0 spiro atoms. The van der Waals surface area contributed by atoms with Crippen LogP contribution in [0.25, 0.3) is 0 Å². The monoisotopic (exact) mass is 172 g/mol. The Balaban J connectivity index is -0.000000320. The standard InChI is InChI=1S/C5H12N2O2.Na.H2O/c6-3-1-2-4(7)5(8)9;;/h4H,1-3,6-7H2,(H,8,9);;1H2/q;+1;/p-1/t4-;;/m0../s1. The zero-order valence-corrected chi connectivity index (χ0v) is 8.66. The van der Waals surface area contributed by atoms with Crippen molar-refractivity contribution in [3.8, 4) is 0 Å². The summed E-state index contributed by atoms with van der Waals surface area (Å²) in [6.07, 6.45) is 1.14. The number of carboxylic acids is 1. The van der Waals surface area contributed by atoms with Gasteiger partial charge in [-0.05, 0) is 19.4 Å². The Hall–Kier alpha value is 0.350. The van der Waals surface area contributed by atoms with E-state index in [-0.39, 0.29) is 35.0 Å². The molecule has 0 saturated carbocycles. The van der Waals surface area contributed by atoms with Gasteiger partial charge in [0, 0.05) is 0 Å². The summed E-state index contributed by atoms with van der Waals surface area (Å²) < 4.78 is 0. The molecule has 0 unspecified atom stereocenters. The molecule has 6 heteroatoms. The third kappa shape index (κ3) is 10.4. The summed E-state index contributed by atoms with van der Waals surface area (Å²) in [6, 6.07) is -0.742. The molecule has 1 atom stereocenters. The Morgan fingerprint density at radius 1 is 1.55 bits per heavy atom. The maximum absolute atomic E-state index is 10.0. The van der Waals surface area contributed by atoms with Crippen LogP contribution in [0.4, 0.5) is 0 Å². The molecule has 0 bridgehead atoms. The Kier molecular flexibility index (Phi) is 16.4. The van der Waals surface area contributed by atoms with Crippen LogP contribution in [0.5, 0.6) is 0 Å². The molecule has 0 heterocycles. The molecule has 0 fully saturated rings. The molecule has 0 rings (SSSR count). The molecule has 6 N–H and O–H groups in total. The molecule has 5 nitrogen and oxygen atoms in total. The van der Waals surface area contributed by atoms with E-state index in [0.717, 1.165) is 0 Å². The Bertz CT molecular complexity index is 102. The third-order valence-corrected chi connectivity index (χ3v) is 1.04. The van der Waals surface area contributed by atoms with Crippen LogP contribution in [0.15, 0.2) is 0 Å². The molecular weight excluding hydrogens is 159 g/mol. The van der Waals surface area contributed by atoms with Gasteiger partial charge in [-0.25, -0.2) is 0 Å². The van der Waals surface area contributed by atoms with Gasteiger partial charge in [-0.2, -0.15) is 0 Å². The zero-order valence-electron chi connectivity index (χ0n) is 6.66. The first-order valence-corrected chi connectivity index (χ1v) is 2.87. The van der Waals surface area contributed by atoms with E-state index in [9.17, 15) is 4.79 Å². The van der Waals surface area contributed by atoms with Crippen molar-refractivity contribution in [1.82, 2.24) is 0 Å². The third-order valence-electron chi connectivity index (χ3n) is 1.04. The SMILES string of the molecule is NCCC[C@H](N)C(=O)O.[Na+].[OH-]. The summed E-state index contributed by atoms with van der Waals surface area (Å²) in [5.41, 5.74) is 10.3. The van der Waals surface area contributed by atoms with Gasteiger partial charge in [0.25, 0.3) is 0 Å². The molecule has 0 saturated heterocycles. The van der Waals surface area contributed by atoms with E-state index in [0.29, 0.717) is 19.4 Å². The molecule has 0 aliphatic heterocycles. The molecule has 11 heavy (non-hydrogen) atoms. The summed E-state index contributed by atoms with van der Waals surface area (Å²) in [5.74, 6) is -0.955. The minimum atomic E-state index is -0.955. The van der Waals surface area contributed by atoms with Crippen LogP contribution in [-0.2, 0) is 4.79 Å². The van der Waals surface area contributed by atoms with Crippen LogP contribution in [0.2, 0.25) is 0 Å². The van der Waals surface area contributed by atoms with Crippen LogP contribution in [0, 0.1) is 0 Å². The minimum absolute atomic E-state index is 0. The predicted molar refractivity (Wildman–Crippen MR) is 35.8 cm³/mol. The van der Waals surface area contributed by atoms with Crippen molar-refractivity contribution in [1.29, 1.82) is 0 Å². The van der Waals surface area contributed by atoms with Gasteiger partial charge in [-0.3, -0.25) is 4.79 Å². The van der Waals surface area contributed by atoms with Crippen LogP contribution in [0.3, 0.4) is 0 Å². The largest absolute Gasteiger partial charge is 1.00 e. The molecule has 0 aliphatic rings. The maximum atomic E-state index is 10.0. The van der Waals surface area contributed by atoms with Crippen LogP contribution >= 0.6 is 0 Å². The summed E-state index contributed by atoms with van der Waals surface area (Å²) >= 11 is 0. The first-order chi connectivity index (χ1) is 4.18. The molecule has 0 aromatic rings. The van der Waals surface area contributed by atoms with Gasteiger partial charge < -0.3 is 22.1 Å². The van der Waals surface area contributed by atoms with Gasteiger partial charge in [0.15, 0.2) is 0 Å². The smallest absolute Gasteiger partial charge is 0.870 e. The molecule has 0 aliphatic carbocycles. The van der Waals surface area contributed by atoms with Gasteiger partial charge in [0.1, 0.15) is 6.04 Å². The first kappa shape index (κ1) is 17.4. The van der Waals surface area contributed by atoms with Crippen molar-refractivity contribution in [2.24, 2.45) is 11.5 Å². The fraction of sp³-hybridized carbons (Fsp3) is 0.800. The van der Waals surface area contributed by atoms with Crippen molar-refractivity contribution in [3.05, 3.63) is 0 Å². The van der Waals surface area contributed by atoms with Gasteiger partial charge in [0.2, 0.25) is 0 Å². The van der Waals surface area contributed by atoms with E-state index in [2.05, 4.69) is 0 Å². The van der Waals surface area contributed by atoms with Crippen LogP contribution < -0.4 is 41.0 Å². The Labute approximate surface area is 87.7 Å². The van der Waals surface area contributed by atoms with E-state index in [1.54, 1.807) is 0 Å². The second kappa shape index (κ2) is 10.3. The quantitative estimate of drug-likeness (QED) is 0.373. The van der Waals surface area contributed by atoms with Gasteiger partial charge in [0.05, 0.1) is 0 Å². The fourth-order valence-corrected chi connectivity index (χ4v) is 0.461. The van der Waals surface area contributed by atoms with Gasteiger partial charge in [-0.1, -0.05) is 0 Å². The molecule has 0 aromatic heterocycles. The topological polar surface area (TPSA) is 119 Å². The van der Waals surface area contributed by atoms with Crippen LogP contribution in [-0.4, -0.2) is 29.1 Å². The molecule has 62 valence electrons. The second-order valence-electron chi connectivity index (χ2n) is 1.88. The fourth-order valence-electron chi connectivity index (χ4n) is 0.461. The van der Waals surface area contributed by atoms with Crippen molar-refractivity contribution in [2.45, 2.75) is 18.9 Å². The number of carbonyl (C=O) groups is 1. The number of aliphatic carboxylic acids is 1. The number of carboxylic acid groups (broad SMARTS) is 1. The van der Waals surface area contributed by atoms with E-state index in [1.165, 1.54) is 0 Å². The van der Waals surface area contributed by atoms with E-state index < -0.39 is 12.0 Å². The molecule has 0 amide bonds. The van der Waals surface area contributed by atoms with Crippen LogP contribution in [0.1, 0.15) is 12.8 Å². The summed E-state index contributed by atoms with van der Waals surface area (Å²) in [4.78, 5) is 10.0. The summed E-state index contributed by atoms with van der Waals surface area (Å²) in [7, 11) is 0. The average molecular weight is 172 g/mol. The van der Waals surface area contributed by atoms with Gasteiger partial charge in [-0.15, -0.1) is 0 Å². The average Bonchev–Trinajstić information content (AvgIpc) is 1.82. The number of rotatable bonds is 4. The van der Waals surface area contributed by atoms with E-state index in [4.69, 9.17) is 16.6 Å². The van der Waals surface area contributed by atoms with Crippen molar-refractivity contribution < 1.29 is 44.9 Å². The molecule has 0 radical (unpaired) electrons. The summed E-state index contributed by atoms with van der Waals surface area (Å²) in [5, 5.41) is 8.24. The Morgan fingerprint density at radius 3 is 2.27 bits per heavy atom. The Morgan fingerprint density at radius 2 is 2.00 bits per heavy atom. The second-order valence-corrected chi connectivity index (χ2v) is 1.88. The van der Waals surface area contributed by atoms with E-state index >= 15 is 0 Å². The van der Waals surface area contributed by atoms with Crippen molar-refractivity contribution >= 4 is 5.97 Å². The maximum Gasteiger partial charge on any atom is 1.00 e. The van der Waals surface area contributed by atoms with Gasteiger partial charge >= 0.3 is 35.5 Å². The number of nitrogens with two attached hydrogens (primary N) is 2. The number of hydrogen-bond donors (Lipinski definition) is 3. The normalized spacial score (nSPS) is 10.7. The predicted octanol–water partition coefficient (Wildman–Crippen LogP) is -4.04.